The van der Waals surface area contributed by atoms with E-state index in [-0.39, 0.29) is 11.9 Å². The van der Waals surface area contributed by atoms with Gasteiger partial charge in [0.15, 0.2) is 0 Å². The van der Waals surface area contributed by atoms with Crippen LogP contribution in [0.1, 0.15) is 29.3 Å². The molecule has 4 nitrogen and oxygen atoms in total. The molecule has 0 aliphatic carbocycles. The predicted octanol–water partition coefficient (Wildman–Crippen LogP) is 4.24. The molecule has 0 radical (unpaired) electrons. The SMILES string of the molecule is CC[C@H](COc1cccc(C)c1)NC(=O)c1ccc(OC)c(Cl)c1. The second-order valence-electron chi connectivity index (χ2n) is 5.56. The van der Waals surface area contributed by atoms with Gasteiger partial charge in [-0.1, -0.05) is 30.7 Å². The molecule has 0 heterocycles. The van der Waals surface area contributed by atoms with E-state index < -0.39 is 0 Å². The maximum Gasteiger partial charge on any atom is 0.251 e. The summed E-state index contributed by atoms with van der Waals surface area (Å²) in [5.74, 6) is 1.16. The van der Waals surface area contributed by atoms with E-state index in [9.17, 15) is 4.79 Å². The van der Waals surface area contributed by atoms with E-state index in [0.29, 0.717) is 22.9 Å². The Morgan fingerprint density at radius 3 is 2.67 bits per heavy atom. The largest absolute Gasteiger partial charge is 0.495 e. The lowest BCUT2D eigenvalue weighted by Gasteiger charge is -2.18. The van der Waals surface area contributed by atoms with Gasteiger partial charge in [-0.3, -0.25) is 4.79 Å². The van der Waals surface area contributed by atoms with Crippen LogP contribution in [0.4, 0.5) is 0 Å². The molecule has 1 atom stereocenters. The number of carbonyl (C=O) groups is 1. The summed E-state index contributed by atoms with van der Waals surface area (Å²) in [4.78, 5) is 12.4. The number of benzene rings is 2. The minimum Gasteiger partial charge on any atom is -0.495 e. The van der Waals surface area contributed by atoms with Crippen LogP contribution in [0.5, 0.6) is 11.5 Å². The van der Waals surface area contributed by atoms with Gasteiger partial charge in [-0.15, -0.1) is 0 Å². The topological polar surface area (TPSA) is 47.6 Å². The summed E-state index contributed by atoms with van der Waals surface area (Å²) in [5, 5.41) is 3.38. The maximum absolute atomic E-state index is 12.4. The van der Waals surface area contributed by atoms with Gasteiger partial charge in [0.1, 0.15) is 18.1 Å². The molecular weight excluding hydrogens is 326 g/mol. The summed E-state index contributed by atoms with van der Waals surface area (Å²) < 4.78 is 10.9. The highest BCUT2D eigenvalue weighted by atomic mass is 35.5. The van der Waals surface area contributed by atoms with Crippen molar-refractivity contribution in [3.8, 4) is 11.5 Å². The number of hydrogen-bond acceptors (Lipinski definition) is 3. The van der Waals surface area contributed by atoms with Gasteiger partial charge in [0, 0.05) is 5.56 Å². The van der Waals surface area contributed by atoms with E-state index in [1.54, 1.807) is 18.2 Å². The Balaban J connectivity index is 1.96. The van der Waals surface area contributed by atoms with Gasteiger partial charge >= 0.3 is 0 Å². The van der Waals surface area contributed by atoms with Crippen LogP contribution in [0.3, 0.4) is 0 Å². The third-order valence-corrected chi connectivity index (χ3v) is 3.98. The lowest BCUT2D eigenvalue weighted by molar-refractivity contribution is 0.0920. The van der Waals surface area contributed by atoms with Gasteiger partial charge in [0.2, 0.25) is 0 Å². The molecule has 2 aromatic carbocycles. The second-order valence-corrected chi connectivity index (χ2v) is 5.96. The zero-order valence-corrected chi connectivity index (χ0v) is 14.9. The van der Waals surface area contributed by atoms with E-state index in [2.05, 4.69) is 5.32 Å². The fourth-order valence-corrected chi connectivity index (χ4v) is 2.50. The highest BCUT2D eigenvalue weighted by Crippen LogP contribution is 2.25. The number of carbonyl (C=O) groups excluding carboxylic acids is 1. The number of aryl methyl sites for hydroxylation is 1. The number of rotatable bonds is 7. The average Bonchev–Trinajstić information content (AvgIpc) is 2.58. The monoisotopic (exact) mass is 347 g/mol. The molecule has 2 rings (SSSR count). The number of methoxy groups -OCH3 is 1. The van der Waals surface area contributed by atoms with E-state index in [1.165, 1.54) is 7.11 Å². The average molecular weight is 348 g/mol. The van der Waals surface area contributed by atoms with Crippen LogP contribution in [0.2, 0.25) is 5.02 Å². The van der Waals surface area contributed by atoms with Crippen LogP contribution in [0.15, 0.2) is 42.5 Å². The smallest absolute Gasteiger partial charge is 0.251 e. The van der Waals surface area contributed by atoms with Gasteiger partial charge in [-0.05, 0) is 49.2 Å². The fraction of sp³-hybridized carbons (Fsp3) is 0.316. The molecule has 0 aromatic heterocycles. The van der Waals surface area contributed by atoms with Crippen molar-refractivity contribution < 1.29 is 14.3 Å². The van der Waals surface area contributed by atoms with Gasteiger partial charge in [0.25, 0.3) is 5.91 Å². The van der Waals surface area contributed by atoms with Crippen molar-refractivity contribution in [3.63, 3.8) is 0 Å². The Morgan fingerprint density at radius 1 is 1.25 bits per heavy atom. The molecule has 1 N–H and O–H groups in total. The lowest BCUT2D eigenvalue weighted by atomic mass is 10.1. The van der Waals surface area contributed by atoms with Crippen LogP contribution in [0, 0.1) is 6.92 Å². The van der Waals surface area contributed by atoms with Crippen molar-refractivity contribution in [2.24, 2.45) is 0 Å². The van der Waals surface area contributed by atoms with E-state index in [4.69, 9.17) is 21.1 Å². The normalized spacial score (nSPS) is 11.7. The molecule has 128 valence electrons. The summed E-state index contributed by atoms with van der Waals surface area (Å²) in [5.41, 5.74) is 1.63. The zero-order valence-electron chi connectivity index (χ0n) is 14.1. The lowest BCUT2D eigenvalue weighted by Crippen LogP contribution is -2.38. The molecule has 2 aromatic rings. The quantitative estimate of drug-likeness (QED) is 0.814. The van der Waals surface area contributed by atoms with Gasteiger partial charge in [-0.2, -0.15) is 0 Å². The summed E-state index contributed by atoms with van der Waals surface area (Å²) >= 11 is 6.07. The standard InChI is InChI=1S/C19H22ClNO3/c1-4-15(12-24-16-7-5-6-13(2)10-16)21-19(22)14-8-9-18(23-3)17(20)11-14/h5-11,15H,4,12H2,1-3H3,(H,21,22)/t15-/m1/s1. The minimum absolute atomic E-state index is 0.0844. The Labute approximate surface area is 147 Å². The van der Waals surface area contributed by atoms with Gasteiger partial charge in [0.05, 0.1) is 18.2 Å². The summed E-state index contributed by atoms with van der Waals surface area (Å²) in [7, 11) is 1.54. The first-order chi connectivity index (χ1) is 11.5. The molecule has 0 aliphatic rings. The highest BCUT2D eigenvalue weighted by Gasteiger charge is 2.14. The van der Waals surface area contributed by atoms with E-state index in [0.717, 1.165) is 17.7 Å². The minimum atomic E-state index is -0.181. The predicted molar refractivity (Wildman–Crippen MR) is 96.2 cm³/mol. The van der Waals surface area contributed by atoms with Crippen LogP contribution >= 0.6 is 11.6 Å². The molecule has 1 amide bonds. The van der Waals surface area contributed by atoms with Crippen LogP contribution in [-0.4, -0.2) is 25.7 Å². The number of ether oxygens (including phenoxy) is 2. The summed E-state index contributed by atoms with van der Waals surface area (Å²) in [6.07, 6.45) is 0.765. The van der Waals surface area contributed by atoms with Crippen LogP contribution in [0.25, 0.3) is 0 Å². The van der Waals surface area contributed by atoms with Crippen molar-refractivity contribution in [3.05, 3.63) is 58.6 Å². The van der Waals surface area contributed by atoms with Crippen LogP contribution in [-0.2, 0) is 0 Å². The van der Waals surface area contributed by atoms with Crippen molar-refractivity contribution in [1.29, 1.82) is 0 Å². The zero-order chi connectivity index (χ0) is 17.5. The van der Waals surface area contributed by atoms with Gasteiger partial charge < -0.3 is 14.8 Å². The van der Waals surface area contributed by atoms with Gasteiger partial charge in [-0.25, -0.2) is 0 Å². The van der Waals surface area contributed by atoms with Crippen LogP contribution < -0.4 is 14.8 Å². The molecule has 0 saturated carbocycles. The molecule has 0 aliphatic heterocycles. The first kappa shape index (κ1) is 18.1. The molecule has 0 unspecified atom stereocenters. The third kappa shape index (κ3) is 4.90. The molecule has 5 heteroatoms. The highest BCUT2D eigenvalue weighted by molar-refractivity contribution is 6.32. The molecule has 24 heavy (non-hydrogen) atoms. The first-order valence-electron chi connectivity index (χ1n) is 7.87. The molecule has 0 bridgehead atoms. The Morgan fingerprint density at radius 2 is 2.04 bits per heavy atom. The fourth-order valence-electron chi connectivity index (χ4n) is 2.24. The Hall–Kier alpha value is -2.20. The Bertz CT molecular complexity index is 703. The number of halogens is 1. The summed E-state index contributed by atoms with van der Waals surface area (Å²) in [6.45, 7) is 4.43. The second kappa shape index (κ2) is 8.60. The van der Waals surface area contributed by atoms with Crippen molar-refractivity contribution >= 4 is 17.5 Å². The van der Waals surface area contributed by atoms with E-state index >= 15 is 0 Å². The van der Waals surface area contributed by atoms with E-state index in [1.807, 2.05) is 38.1 Å². The molecule has 0 saturated heterocycles. The molecular formula is C19H22ClNO3. The number of nitrogens with one attached hydrogen (secondary N) is 1. The molecule has 0 fully saturated rings. The van der Waals surface area contributed by atoms with Crippen molar-refractivity contribution in [1.82, 2.24) is 5.32 Å². The first-order valence-corrected chi connectivity index (χ1v) is 8.25. The Kier molecular flexibility index (Phi) is 6.50. The molecule has 0 spiro atoms. The summed E-state index contributed by atoms with van der Waals surface area (Å²) in [6, 6.07) is 12.7. The number of amides is 1. The maximum atomic E-state index is 12.4. The van der Waals surface area contributed by atoms with Crippen molar-refractivity contribution in [2.45, 2.75) is 26.3 Å². The van der Waals surface area contributed by atoms with Crippen molar-refractivity contribution in [2.75, 3.05) is 13.7 Å². The number of hydrogen-bond donors (Lipinski definition) is 1. The third-order valence-electron chi connectivity index (χ3n) is 3.68.